The van der Waals surface area contributed by atoms with Gasteiger partial charge in [-0.15, -0.1) is 0 Å². The molecule has 3 nitrogen and oxygen atoms in total. The smallest absolute Gasteiger partial charge is 0.225 e. The van der Waals surface area contributed by atoms with Crippen LogP contribution in [0.25, 0.3) is 0 Å². The number of nitrogens with one attached hydrogen (secondary N) is 1. The summed E-state index contributed by atoms with van der Waals surface area (Å²) in [5, 5.41) is 3.37. The van der Waals surface area contributed by atoms with Crippen LogP contribution in [0.15, 0.2) is 0 Å². The number of likely N-dealkylation sites (tertiary alicyclic amines) is 1. The van der Waals surface area contributed by atoms with Crippen LogP contribution in [0.3, 0.4) is 0 Å². The molecule has 1 fully saturated rings. The molecule has 1 saturated heterocycles. The van der Waals surface area contributed by atoms with Gasteiger partial charge in [-0.1, -0.05) is 20.8 Å². The highest BCUT2D eigenvalue weighted by Crippen LogP contribution is 2.12. The van der Waals surface area contributed by atoms with E-state index in [4.69, 9.17) is 0 Å². The summed E-state index contributed by atoms with van der Waals surface area (Å²) in [6, 6.07) is 0.521. The van der Waals surface area contributed by atoms with Crippen LogP contribution in [0.1, 0.15) is 27.2 Å². The molecule has 0 aliphatic carbocycles. The van der Waals surface area contributed by atoms with Crippen molar-refractivity contribution >= 4 is 5.91 Å². The molecule has 1 atom stereocenters. The summed E-state index contributed by atoms with van der Waals surface area (Å²) in [6.45, 7) is 8.84. The summed E-state index contributed by atoms with van der Waals surface area (Å²) < 4.78 is 0. The number of nitrogens with zero attached hydrogens (tertiary/aromatic N) is 1. The van der Waals surface area contributed by atoms with Crippen LogP contribution in [0.2, 0.25) is 0 Å². The molecule has 0 spiro atoms. The van der Waals surface area contributed by atoms with Gasteiger partial charge in [0, 0.05) is 25.0 Å². The summed E-state index contributed by atoms with van der Waals surface area (Å²) in [6.07, 6.45) is 1.10. The monoisotopic (exact) mass is 184 g/mol. The number of hydrogen-bond donors (Lipinski definition) is 1. The number of hydrogen-bond acceptors (Lipinski definition) is 2. The minimum atomic E-state index is 0.139. The van der Waals surface area contributed by atoms with E-state index in [2.05, 4.69) is 12.2 Å². The Balaban J connectivity index is 2.36. The molecule has 1 aliphatic rings. The highest BCUT2D eigenvalue weighted by atomic mass is 16.2. The number of carbonyl (C=O) groups excluding carboxylic acids is 1. The van der Waals surface area contributed by atoms with Crippen molar-refractivity contribution in [3.63, 3.8) is 0 Å². The van der Waals surface area contributed by atoms with Gasteiger partial charge >= 0.3 is 0 Å². The van der Waals surface area contributed by atoms with E-state index in [1.165, 1.54) is 0 Å². The Morgan fingerprint density at radius 1 is 1.62 bits per heavy atom. The molecule has 1 unspecified atom stereocenters. The first-order valence-electron chi connectivity index (χ1n) is 5.17. The van der Waals surface area contributed by atoms with Crippen LogP contribution >= 0.6 is 0 Å². The van der Waals surface area contributed by atoms with E-state index >= 15 is 0 Å². The van der Waals surface area contributed by atoms with Gasteiger partial charge in [-0.25, -0.2) is 0 Å². The molecule has 0 aromatic heterocycles. The van der Waals surface area contributed by atoms with Crippen molar-refractivity contribution in [1.82, 2.24) is 10.2 Å². The average molecular weight is 184 g/mol. The van der Waals surface area contributed by atoms with Crippen LogP contribution in [-0.4, -0.2) is 36.5 Å². The zero-order valence-electron chi connectivity index (χ0n) is 8.84. The van der Waals surface area contributed by atoms with Gasteiger partial charge in [0.15, 0.2) is 0 Å². The predicted octanol–water partition coefficient (Wildman–Crippen LogP) is 0.853. The Labute approximate surface area is 80.5 Å². The van der Waals surface area contributed by atoms with E-state index in [0.717, 1.165) is 26.1 Å². The molecule has 0 saturated carbocycles. The Kier molecular flexibility index (Phi) is 3.72. The SMILES string of the molecule is CCNC1CCN(C(=O)C(C)C)C1. The van der Waals surface area contributed by atoms with Gasteiger partial charge in [0.2, 0.25) is 5.91 Å². The van der Waals surface area contributed by atoms with E-state index in [1.807, 2.05) is 18.7 Å². The largest absolute Gasteiger partial charge is 0.341 e. The van der Waals surface area contributed by atoms with E-state index in [0.29, 0.717) is 11.9 Å². The molecule has 3 heteroatoms. The second-order valence-corrected chi connectivity index (χ2v) is 3.98. The third-order valence-electron chi connectivity index (χ3n) is 2.49. The summed E-state index contributed by atoms with van der Waals surface area (Å²) in [5.74, 6) is 0.431. The van der Waals surface area contributed by atoms with Crippen LogP contribution in [0.5, 0.6) is 0 Å². The maximum absolute atomic E-state index is 11.6. The lowest BCUT2D eigenvalue weighted by Crippen LogP contribution is -2.36. The summed E-state index contributed by atoms with van der Waals surface area (Å²) in [4.78, 5) is 13.6. The second-order valence-electron chi connectivity index (χ2n) is 3.98. The van der Waals surface area contributed by atoms with E-state index < -0.39 is 0 Å². The maximum Gasteiger partial charge on any atom is 0.225 e. The lowest BCUT2D eigenvalue weighted by atomic mass is 10.2. The third kappa shape index (κ3) is 2.69. The first-order valence-corrected chi connectivity index (χ1v) is 5.17. The third-order valence-corrected chi connectivity index (χ3v) is 2.49. The fourth-order valence-corrected chi connectivity index (χ4v) is 1.78. The first kappa shape index (κ1) is 10.5. The summed E-state index contributed by atoms with van der Waals surface area (Å²) in [5.41, 5.74) is 0. The van der Waals surface area contributed by atoms with Crippen molar-refractivity contribution in [3.05, 3.63) is 0 Å². The van der Waals surface area contributed by atoms with Crippen LogP contribution < -0.4 is 5.32 Å². The number of rotatable bonds is 3. The topological polar surface area (TPSA) is 32.3 Å². The van der Waals surface area contributed by atoms with Crippen LogP contribution in [-0.2, 0) is 4.79 Å². The fourth-order valence-electron chi connectivity index (χ4n) is 1.78. The molecule has 1 rings (SSSR count). The molecule has 0 aromatic carbocycles. The predicted molar refractivity (Wildman–Crippen MR) is 53.5 cm³/mol. The van der Waals surface area contributed by atoms with Crippen LogP contribution in [0.4, 0.5) is 0 Å². The molecule has 0 aromatic rings. The average Bonchev–Trinajstić information content (AvgIpc) is 2.52. The van der Waals surface area contributed by atoms with Gasteiger partial charge in [0.1, 0.15) is 0 Å². The Morgan fingerprint density at radius 2 is 2.31 bits per heavy atom. The van der Waals surface area contributed by atoms with Crippen molar-refractivity contribution in [1.29, 1.82) is 0 Å². The van der Waals surface area contributed by atoms with Gasteiger partial charge in [0.25, 0.3) is 0 Å². The zero-order chi connectivity index (χ0) is 9.84. The molecular formula is C10H20N2O. The summed E-state index contributed by atoms with van der Waals surface area (Å²) in [7, 11) is 0. The molecule has 1 heterocycles. The number of likely N-dealkylation sites (N-methyl/N-ethyl adjacent to an activating group) is 1. The minimum absolute atomic E-state index is 0.139. The first-order chi connectivity index (χ1) is 6.15. The lowest BCUT2D eigenvalue weighted by Gasteiger charge is -2.18. The molecule has 76 valence electrons. The highest BCUT2D eigenvalue weighted by molar-refractivity contribution is 5.78. The Bertz CT molecular complexity index is 180. The molecule has 13 heavy (non-hydrogen) atoms. The van der Waals surface area contributed by atoms with E-state index in [1.54, 1.807) is 0 Å². The maximum atomic E-state index is 11.6. The lowest BCUT2D eigenvalue weighted by molar-refractivity contribution is -0.133. The second kappa shape index (κ2) is 4.61. The van der Waals surface area contributed by atoms with E-state index in [-0.39, 0.29) is 5.92 Å². The zero-order valence-corrected chi connectivity index (χ0v) is 8.84. The Morgan fingerprint density at radius 3 is 2.85 bits per heavy atom. The molecule has 1 amide bonds. The van der Waals surface area contributed by atoms with Gasteiger partial charge in [0.05, 0.1) is 0 Å². The molecule has 1 aliphatic heterocycles. The summed E-state index contributed by atoms with van der Waals surface area (Å²) >= 11 is 0. The normalized spacial score (nSPS) is 22.8. The van der Waals surface area contributed by atoms with Crippen molar-refractivity contribution < 1.29 is 4.79 Å². The van der Waals surface area contributed by atoms with Crippen molar-refractivity contribution in [2.24, 2.45) is 5.92 Å². The minimum Gasteiger partial charge on any atom is -0.341 e. The number of amides is 1. The molecular weight excluding hydrogens is 164 g/mol. The van der Waals surface area contributed by atoms with Crippen molar-refractivity contribution in [3.8, 4) is 0 Å². The molecule has 1 N–H and O–H groups in total. The van der Waals surface area contributed by atoms with Crippen LogP contribution in [0, 0.1) is 5.92 Å². The standard InChI is InChI=1S/C10H20N2O/c1-4-11-9-5-6-12(7-9)10(13)8(2)3/h8-9,11H,4-7H2,1-3H3. The Hall–Kier alpha value is -0.570. The fraction of sp³-hybridized carbons (Fsp3) is 0.900. The van der Waals surface area contributed by atoms with Crippen molar-refractivity contribution in [2.75, 3.05) is 19.6 Å². The van der Waals surface area contributed by atoms with E-state index in [9.17, 15) is 4.79 Å². The highest BCUT2D eigenvalue weighted by Gasteiger charge is 2.26. The quantitative estimate of drug-likeness (QED) is 0.705. The molecule has 0 radical (unpaired) electrons. The van der Waals surface area contributed by atoms with Gasteiger partial charge in [-0.05, 0) is 13.0 Å². The van der Waals surface area contributed by atoms with Gasteiger partial charge in [-0.3, -0.25) is 4.79 Å². The van der Waals surface area contributed by atoms with Crippen molar-refractivity contribution in [2.45, 2.75) is 33.2 Å². The van der Waals surface area contributed by atoms with Gasteiger partial charge in [-0.2, -0.15) is 0 Å². The van der Waals surface area contributed by atoms with Gasteiger partial charge < -0.3 is 10.2 Å². The number of carbonyl (C=O) groups is 1. The molecule has 0 bridgehead atoms.